The molecule has 1 amide bonds. The van der Waals surface area contributed by atoms with Gasteiger partial charge in [0.2, 0.25) is 0 Å². The first-order valence-electron chi connectivity index (χ1n) is 12.0. The minimum atomic E-state index is -0.876. The summed E-state index contributed by atoms with van der Waals surface area (Å²) in [5.41, 5.74) is 2.06. The Hall–Kier alpha value is -4.15. The minimum Gasteiger partial charge on any atom is -0.394 e. The van der Waals surface area contributed by atoms with Crippen LogP contribution in [0.4, 0.5) is 0 Å². The molecule has 0 fully saturated rings. The Morgan fingerprint density at radius 1 is 1.16 bits per heavy atom. The molecule has 0 radical (unpaired) electrons. The SMILES string of the molecule is CC(C)(C)CNC(=N)N(C(=O)c1ccc(-c2ncccn2)cc1)[C@H](CO)c1ccc(Cl)c(-n2cncn2)c1. The lowest BCUT2D eigenvalue weighted by Crippen LogP contribution is -2.49. The fourth-order valence-corrected chi connectivity index (χ4v) is 3.97. The van der Waals surface area contributed by atoms with Crippen LogP contribution in [0, 0.1) is 10.8 Å². The number of aromatic nitrogens is 5. The number of carbonyl (C=O) groups is 1. The molecule has 0 aliphatic carbocycles. The van der Waals surface area contributed by atoms with Crippen molar-refractivity contribution in [1.82, 2.24) is 34.9 Å². The first-order chi connectivity index (χ1) is 18.2. The van der Waals surface area contributed by atoms with E-state index in [1.807, 2.05) is 20.8 Å². The monoisotopic (exact) mass is 532 g/mol. The van der Waals surface area contributed by atoms with E-state index in [2.05, 4.69) is 25.4 Å². The summed E-state index contributed by atoms with van der Waals surface area (Å²) in [5, 5.41) is 26.9. The highest BCUT2D eigenvalue weighted by Gasteiger charge is 2.31. The van der Waals surface area contributed by atoms with Gasteiger partial charge in [-0.05, 0) is 41.3 Å². The van der Waals surface area contributed by atoms with E-state index in [4.69, 9.17) is 17.0 Å². The van der Waals surface area contributed by atoms with Gasteiger partial charge in [-0.3, -0.25) is 15.1 Å². The van der Waals surface area contributed by atoms with E-state index in [0.717, 1.165) is 5.56 Å². The molecule has 2 aromatic heterocycles. The van der Waals surface area contributed by atoms with Crippen LogP contribution in [-0.4, -0.2) is 59.8 Å². The highest BCUT2D eigenvalue weighted by molar-refractivity contribution is 6.32. The van der Waals surface area contributed by atoms with Crippen LogP contribution >= 0.6 is 11.6 Å². The summed E-state index contributed by atoms with van der Waals surface area (Å²) in [6.45, 7) is 6.09. The first kappa shape index (κ1) is 26.9. The fourth-order valence-electron chi connectivity index (χ4n) is 3.76. The number of benzene rings is 2. The average Bonchev–Trinajstić information content (AvgIpc) is 3.45. The van der Waals surface area contributed by atoms with Crippen LogP contribution in [0.1, 0.15) is 42.7 Å². The molecule has 1 atom stereocenters. The number of aliphatic hydroxyl groups is 1. The summed E-state index contributed by atoms with van der Waals surface area (Å²) in [6, 6.07) is 12.8. The maximum atomic E-state index is 13.9. The molecule has 0 aliphatic heterocycles. The number of aliphatic hydroxyl groups excluding tert-OH is 1. The number of nitrogens with one attached hydrogen (secondary N) is 2. The van der Waals surface area contributed by atoms with Crippen LogP contribution in [0.25, 0.3) is 17.1 Å². The van der Waals surface area contributed by atoms with E-state index in [0.29, 0.717) is 34.2 Å². The van der Waals surface area contributed by atoms with E-state index in [9.17, 15) is 9.90 Å². The summed E-state index contributed by atoms with van der Waals surface area (Å²) in [6.07, 6.45) is 6.19. The van der Waals surface area contributed by atoms with E-state index >= 15 is 0 Å². The second kappa shape index (κ2) is 11.5. The number of halogens is 1. The van der Waals surface area contributed by atoms with E-state index in [1.54, 1.807) is 60.9 Å². The standard InChI is InChI=1S/C27H29ClN8O2/c1-27(2,3)15-33-26(29)36(25(38)19-7-5-18(6-8-19)24-31-11-4-12-32-24)23(14-37)20-9-10-21(28)22(13-20)35-17-30-16-34-35/h4-13,16-17,23,37H,14-15H2,1-3H3,(H2,29,33)/t23-/m1/s1. The van der Waals surface area contributed by atoms with Crippen molar-refractivity contribution in [3.8, 4) is 17.1 Å². The van der Waals surface area contributed by atoms with Gasteiger partial charge in [0.05, 0.1) is 23.4 Å². The molecule has 38 heavy (non-hydrogen) atoms. The molecule has 10 nitrogen and oxygen atoms in total. The zero-order valence-corrected chi connectivity index (χ0v) is 22.1. The van der Waals surface area contributed by atoms with Crippen molar-refractivity contribution in [3.05, 3.63) is 89.7 Å². The van der Waals surface area contributed by atoms with Crippen molar-refractivity contribution in [2.24, 2.45) is 5.41 Å². The Bertz CT molecular complexity index is 1390. The Labute approximate surface area is 225 Å². The summed E-state index contributed by atoms with van der Waals surface area (Å²) in [4.78, 5) is 27.6. The van der Waals surface area contributed by atoms with Crippen LogP contribution in [-0.2, 0) is 0 Å². The van der Waals surface area contributed by atoms with Gasteiger partial charge >= 0.3 is 0 Å². The lowest BCUT2D eigenvalue weighted by molar-refractivity contribution is 0.0737. The van der Waals surface area contributed by atoms with Crippen LogP contribution in [0.15, 0.2) is 73.6 Å². The van der Waals surface area contributed by atoms with Gasteiger partial charge in [0.1, 0.15) is 12.7 Å². The number of hydrogen-bond acceptors (Lipinski definition) is 7. The summed E-state index contributed by atoms with van der Waals surface area (Å²) in [7, 11) is 0. The Morgan fingerprint density at radius 2 is 1.87 bits per heavy atom. The van der Waals surface area contributed by atoms with Gasteiger partial charge in [0.25, 0.3) is 5.91 Å². The molecular weight excluding hydrogens is 504 g/mol. The predicted molar refractivity (Wildman–Crippen MR) is 145 cm³/mol. The molecule has 4 aromatic rings. The molecule has 0 saturated carbocycles. The second-order valence-electron chi connectivity index (χ2n) is 9.84. The molecular formula is C27H29ClN8O2. The average molecular weight is 533 g/mol. The highest BCUT2D eigenvalue weighted by atomic mass is 35.5. The summed E-state index contributed by atoms with van der Waals surface area (Å²) >= 11 is 6.40. The third kappa shape index (κ3) is 6.21. The maximum Gasteiger partial charge on any atom is 0.261 e. The molecule has 0 spiro atoms. The third-order valence-corrected chi connectivity index (χ3v) is 6.03. The van der Waals surface area contributed by atoms with Crippen molar-refractivity contribution in [2.75, 3.05) is 13.2 Å². The molecule has 196 valence electrons. The summed E-state index contributed by atoms with van der Waals surface area (Å²) < 4.78 is 1.50. The molecule has 4 rings (SSSR count). The van der Waals surface area contributed by atoms with Gasteiger partial charge in [-0.1, -0.05) is 50.6 Å². The van der Waals surface area contributed by atoms with E-state index in [-0.39, 0.29) is 11.4 Å². The van der Waals surface area contributed by atoms with Crippen molar-refractivity contribution >= 4 is 23.5 Å². The lowest BCUT2D eigenvalue weighted by Gasteiger charge is -2.33. The number of nitrogens with zero attached hydrogens (tertiary/aromatic N) is 6. The van der Waals surface area contributed by atoms with Gasteiger partial charge in [-0.2, -0.15) is 5.10 Å². The molecule has 11 heteroatoms. The zero-order valence-electron chi connectivity index (χ0n) is 21.3. The van der Waals surface area contributed by atoms with Crippen LogP contribution in [0.5, 0.6) is 0 Å². The molecule has 0 unspecified atom stereocenters. The molecule has 3 N–H and O–H groups in total. The molecule has 0 saturated heterocycles. The van der Waals surface area contributed by atoms with Crippen molar-refractivity contribution in [2.45, 2.75) is 26.8 Å². The lowest BCUT2D eigenvalue weighted by atomic mass is 9.97. The molecule has 2 heterocycles. The van der Waals surface area contributed by atoms with Crippen molar-refractivity contribution in [3.63, 3.8) is 0 Å². The van der Waals surface area contributed by atoms with Gasteiger partial charge in [0, 0.05) is 30.1 Å². The first-order valence-corrected chi connectivity index (χ1v) is 12.3. The van der Waals surface area contributed by atoms with Crippen LogP contribution in [0.2, 0.25) is 5.02 Å². The predicted octanol–water partition coefficient (Wildman–Crippen LogP) is 4.12. The Kier molecular flexibility index (Phi) is 8.13. The third-order valence-electron chi connectivity index (χ3n) is 5.71. The van der Waals surface area contributed by atoms with E-state index < -0.39 is 18.6 Å². The number of carbonyl (C=O) groups excluding carboxylic acids is 1. The van der Waals surface area contributed by atoms with Crippen molar-refractivity contribution < 1.29 is 9.90 Å². The Balaban J connectivity index is 1.71. The highest BCUT2D eigenvalue weighted by Crippen LogP contribution is 2.29. The molecule has 2 aromatic carbocycles. The van der Waals surface area contributed by atoms with Gasteiger partial charge < -0.3 is 10.4 Å². The number of hydrogen-bond donors (Lipinski definition) is 3. The van der Waals surface area contributed by atoms with Crippen LogP contribution in [0.3, 0.4) is 0 Å². The zero-order chi connectivity index (χ0) is 27.3. The Morgan fingerprint density at radius 3 is 2.47 bits per heavy atom. The smallest absolute Gasteiger partial charge is 0.261 e. The van der Waals surface area contributed by atoms with Gasteiger partial charge in [0.15, 0.2) is 11.8 Å². The topological polar surface area (TPSA) is 133 Å². The molecule has 0 bridgehead atoms. The maximum absolute atomic E-state index is 13.9. The quantitative estimate of drug-likeness (QED) is 0.241. The normalized spacial score (nSPS) is 12.1. The summed E-state index contributed by atoms with van der Waals surface area (Å²) in [5.74, 6) is -0.0390. The van der Waals surface area contributed by atoms with Gasteiger partial charge in [-0.15, -0.1) is 0 Å². The largest absolute Gasteiger partial charge is 0.394 e. The van der Waals surface area contributed by atoms with Crippen LogP contribution < -0.4 is 5.32 Å². The minimum absolute atomic E-state index is 0.128. The second-order valence-corrected chi connectivity index (χ2v) is 10.2. The fraction of sp³-hybridized carbons (Fsp3) is 0.259. The number of guanidine groups is 1. The number of rotatable bonds is 7. The van der Waals surface area contributed by atoms with Gasteiger partial charge in [-0.25, -0.2) is 19.6 Å². The molecule has 0 aliphatic rings. The number of amides is 1. The van der Waals surface area contributed by atoms with E-state index in [1.165, 1.54) is 22.2 Å². The van der Waals surface area contributed by atoms with Crippen molar-refractivity contribution in [1.29, 1.82) is 5.41 Å².